The summed E-state index contributed by atoms with van der Waals surface area (Å²) >= 11 is 0. The second kappa shape index (κ2) is 10.2. The van der Waals surface area contributed by atoms with Crippen molar-refractivity contribution in [2.24, 2.45) is 11.8 Å². The summed E-state index contributed by atoms with van der Waals surface area (Å²) in [5.74, 6) is 0.792. The Morgan fingerprint density at radius 2 is 1.69 bits per heavy atom. The van der Waals surface area contributed by atoms with Crippen LogP contribution in [0.3, 0.4) is 0 Å². The molecule has 1 aromatic rings. The van der Waals surface area contributed by atoms with E-state index in [-0.39, 0.29) is 23.7 Å². The predicted molar refractivity (Wildman–Crippen MR) is 103 cm³/mol. The standard InChI is InChI=1S/C20H31N3O3/c1-23(2)14-6-13-21-19(24)15-9-11-16(12-10-15)20(25)22-17-7-4-5-8-18(17)26-3/h4-5,7-8,15-16H,6,9-14H2,1-3H3,(H,21,24)(H,22,25). The molecule has 0 saturated heterocycles. The highest BCUT2D eigenvalue weighted by Crippen LogP contribution is 2.31. The lowest BCUT2D eigenvalue weighted by atomic mass is 9.81. The first-order valence-corrected chi connectivity index (χ1v) is 9.37. The van der Waals surface area contributed by atoms with Gasteiger partial charge in [0.15, 0.2) is 0 Å². The zero-order valence-corrected chi connectivity index (χ0v) is 16.1. The average molecular weight is 361 g/mol. The van der Waals surface area contributed by atoms with Crippen LogP contribution in [0.5, 0.6) is 5.75 Å². The fraction of sp³-hybridized carbons (Fsp3) is 0.600. The number of nitrogens with one attached hydrogen (secondary N) is 2. The first-order valence-electron chi connectivity index (χ1n) is 9.37. The molecule has 1 saturated carbocycles. The summed E-state index contributed by atoms with van der Waals surface area (Å²) in [6, 6.07) is 7.41. The van der Waals surface area contributed by atoms with E-state index in [1.807, 2.05) is 38.4 Å². The third-order valence-corrected chi connectivity index (χ3v) is 4.91. The van der Waals surface area contributed by atoms with E-state index < -0.39 is 0 Å². The monoisotopic (exact) mass is 361 g/mol. The molecule has 0 aromatic heterocycles. The molecule has 2 N–H and O–H groups in total. The largest absolute Gasteiger partial charge is 0.495 e. The van der Waals surface area contributed by atoms with Gasteiger partial charge in [0.05, 0.1) is 12.8 Å². The number of hydrogen-bond donors (Lipinski definition) is 2. The molecule has 6 nitrogen and oxygen atoms in total. The quantitative estimate of drug-likeness (QED) is 0.698. The molecule has 2 rings (SSSR count). The molecule has 144 valence electrons. The highest BCUT2D eigenvalue weighted by Gasteiger charge is 2.30. The van der Waals surface area contributed by atoms with Gasteiger partial charge in [-0.05, 0) is 64.9 Å². The topological polar surface area (TPSA) is 70.7 Å². The number of benzene rings is 1. The van der Waals surface area contributed by atoms with Crippen LogP contribution < -0.4 is 15.4 Å². The van der Waals surface area contributed by atoms with E-state index >= 15 is 0 Å². The maximum Gasteiger partial charge on any atom is 0.227 e. The number of carbonyl (C=O) groups excluding carboxylic acids is 2. The second-order valence-electron chi connectivity index (χ2n) is 7.19. The van der Waals surface area contributed by atoms with E-state index in [1.165, 1.54) is 0 Å². The summed E-state index contributed by atoms with van der Waals surface area (Å²) in [5.41, 5.74) is 0.695. The maximum atomic E-state index is 12.5. The van der Waals surface area contributed by atoms with E-state index in [1.54, 1.807) is 7.11 Å². The van der Waals surface area contributed by atoms with Gasteiger partial charge in [-0.25, -0.2) is 0 Å². The molecule has 0 heterocycles. The van der Waals surface area contributed by atoms with Gasteiger partial charge in [0.25, 0.3) is 0 Å². The Labute approximate surface area is 156 Å². The Balaban J connectivity index is 1.75. The number of methoxy groups -OCH3 is 1. The van der Waals surface area contributed by atoms with Crippen LogP contribution in [0, 0.1) is 11.8 Å². The molecule has 1 fully saturated rings. The van der Waals surface area contributed by atoms with Crippen LogP contribution in [0.1, 0.15) is 32.1 Å². The fourth-order valence-electron chi connectivity index (χ4n) is 3.35. The van der Waals surface area contributed by atoms with Crippen molar-refractivity contribution in [2.45, 2.75) is 32.1 Å². The van der Waals surface area contributed by atoms with E-state index in [0.29, 0.717) is 18.0 Å². The third-order valence-electron chi connectivity index (χ3n) is 4.91. The van der Waals surface area contributed by atoms with E-state index in [0.717, 1.165) is 38.6 Å². The summed E-state index contributed by atoms with van der Waals surface area (Å²) in [4.78, 5) is 26.9. The number of rotatable bonds is 8. The van der Waals surface area contributed by atoms with Gasteiger partial charge >= 0.3 is 0 Å². The van der Waals surface area contributed by atoms with Gasteiger partial charge in [-0.3, -0.25) is 9.59 Å². The van der Waals surface area contributed by atoms with E-state index in [9.17, 15) is 9.59 Å². The number of ether oxygens (including phenoxy) is 1. The molecule has 1 aromatic carbocycles. The highest BCUT2D eigenvalue weighted by atomic mass is 16.5. The molecule has 0 radical (unpaired) electrons. The van der Waals surface area contributed by atoms with Gasteiger partial charge in [-0.2, -0.15) is 0 Å². The first-order chi connectivity index (χ1) is 12.5. The zero-order chi connectivity index (χ0) is 18.9. The van der Waals surface area contributed by atoms with Crippen molar-refractivity contribution >= 4 is 17.5 Å². The van der Waals surface area contributed by atoms with Gasteiger partial charge in [0.1, 0.15) is 5.75 Å². The SMILES string of the molecule is COc1ccccc1NC(=O)C1CCC(C(=O)NCCCN(C)C)CC1. The van der Waals surface area contributed by atoms with Crippen LogP contribution >= 0.6 is 0 Å². The number of nitrogens with zero attached hydrogens (tertiary/aromatic N) is 1. The second-order valence-corrected chi connectivity index (χ2v) is 7.19. The Morgan fingerprint density at radius 3 is 2.31 bits per heavy atom. The van der Waals surface area contributed by atoms with Crippen LogP contribution in [0.25, 0.3) is 0 Å². The molecule has 0 unspecified atom stereocenters. The van der Waals surface area contributed by atoms with Gasteiger partial charge in [-0.15, -0.1) is 0 Å². The molecule has 0 spiro atoms. The van der Waals surface area contributed by atoms with Gasteiger partial charge in [0, 0.05) is 18.4 Å². The maximum absolute atomic E-state index is 12.5. The number of carbonyl (C=O) groups is 2. The molecule has 1 aliphatic rings. The minimum absolute atomic E-state index is 0.0133. The van der Waals surface area contributed by atoms with Gasteiger partial charge < -0.3 is 20.3 Å². The molecule has 26 heavy (non-hydrogen) atoms. The fourth-order valence-corrected chi connectivity index (χ4v) is 3.35. The molecule has 0 bridgehead atoms. The van der Waals surface area contributed by atoms with Crippen molar-refractivity contribution in [1.82, 2.24) is 10.2 Å². The molecule has 1 aliphatic carbocycles. The predicted octanol–water partition coefficient (Wildman–Crippen LogP) is 2.51. The van der Waals surface area contributed by atoms with Crippen molar-refractivity contribution < 1.29 is 14.3 Å². The van der Waals surface area contributed by atoms with Crippen LogP contribution in [-0.2, 0) is 9.59 Å². The molecular formula is C20H31N3O3. The Morgan fingerprint density at radius 1 is 1.08 bits per heavy atom. The van der Waals surface area contributed by atoms with Crippen LogP contribution in [0.15, 0.2) is 24.3 Å². The number of amides is 2. The lowest BCUT2D eigenvalue weighted by Crippen LogP contribution is -2.36. The van der Waals surface area contributed by atoms with E-state index in [4.69, 9.17) is 4.74 Å². The van der Waals surface area contributed by atoms with Crippen LogP contribution in [-0.4, -0.2) is 51.0 Å². The lowest BCUT2D eigenvalue weighted by Gasteiger charge is -2.27. The minimum atomic E-state index is -0.0438. The van der Waals surface area contributed by atoms with Gasteiger partial charge in [-0.1, -0.05) is 12.1 Å². The Bertz CT molecular complexity index is 596. The van der Waals surface area contributed by atoms with Crippen molar-refractivity contribution in [1.29, 1.82) is 0 Å². The van der Waals surface area contributed by atoms with Crippen molar-refractivity contribution in [3.63, 3.8) is 0 Å². The summed E-state index contributed by atoms with van der Waals surface area (Å²) in [5, 5.41) is 5.98. The number of hydrogen-bond acceptors (Lipinski definition) is 4. The van der Waals surface area contributed by atoms with Crippen LogP contribution in [0.4, 0.5) is 5.69 Å². The van der Waals surface area contributed by atoms with Crippen molar-refractivity contribution in [3.05, 3.63) is 24.3 Å². The molecule has 0 aliphatic heterocycles. The normalized spacial score (nSPS) is 19.8. The number of para-hydroxylation sites is 2. The Hall–Kier alpha value is -2.08. The minimum Gasteiger partial charge on any atom is -0.495 e. The van der Waals surface area contributed by atoms with Crippen molar-refractivity contribution in [2.75, 3.05) is 39.6 Å². The van der Waals surface area contributed by atoms with Crippen molar-refractivity contribution in [3.8, 4) is 5.75 Å². The average Bonchev–Trinajstić information content (AvgIpc) is 2.65. The lowest BCUT2D eigenvalue weighted by molar-refractivity contribution is -0.128. The molecular weight excluding hydrogens is 330 g/mol. The third kappa shape index (κ3) is 6.02. The highest BCUT2D eigenvalue weighted by molar-refractivity contribution is 5.94. The van der Waals surface area contributed by atoms with E-state index in [2.05, 4.69) is 15.5 Å². The molecule has 2 amide bonds. The summed E-state index contributed by atoms with van der Waals surface area (Å²) < 4.78 is 5.27. The summed E-state index contributed by atoms with van der Waals surface area (Å²) in [6.45, 7) is 1.68. The first kappa shape index (κ1) is 20.2. The zero-order valence-electron chi connectivity index (χ0n) is 16.1. The smallest absolute Gasteiger partial charge is 0.227 e. The Kier molecular flexibility index (Phi) is 7.91. The summed E-state index contributed by atoms with van der Waals surface area (Å²) in [6.07, 6.45) is 3.98. The van der Waals surface area contributed by atoms with Crippen LogP contribution in [0.2, 0.25) is 0 Å². The number of anilines is 1. The van der Waals surface area contributed by atoms with Gasteiger partial charge in [0.2, 0.25) is 11.8 Å². The molecule has 0 atom stereocenters. The molecule has 6 heteroatoms. The summed E-state index contributed by atoms with van der Waals surface area (Å²) in [7, 11) is 5.64.